The number of amides is 1. The van der Waals surface area contributed by atoms with E-state index in [1.165, 1.54) is 11.1 Å². The Morgan fingerprint density at radius 1 is 1.04 bits per heavy atom. The number of rotatable bonds is 17. The molecule has 0 aliphatic carbocycles. The second kappa shape index (κ2) is 16.1. The first kappa shape index (κ1) is 22.3. The summed E-state index contributed by atoms with van der Waals surface area (Å²) in [5.74, 6) is 0. The van der Waals surface area contributed by atoms with Gasteiger partial charge in [-0.1, -0.05) is 32.2 Å². The van der Waals surface area contributed by atoms with Crippen molar-refractivity contribution in [2.45, 2.75) is 45.1 Å². The largest absolute Gasteiger partial charge is 0.359 e. The van der Waals surface area contributed by atoms with Gasteiger partial charge in [-0.2, -0.15) is 0 Å². The van der Waals surface area contributed by atoms with E-state index in [0.717, 1.165) is 57.9 Å². The third-order valence-corrected chi connectivity index (χ3v) is 3.93. The molecule has 1 amide bonds. The van der Waals surface area contributed by atoms with Crippen LogP contribution in [0, 0.1) is 0 Å². The molecule has 0 bridgehead atoms. The molecule has 0 saturated heterocycles. The normalized spacial score (nSPS) is 12.9. The van der Waals surface area contributed by atoms with Gasteiger partial charge in [-0.3, -0.25) is 4.79 Å². The smallest absolute Gasteiger partial charge is 0.207 e. The van der Waals surface area contributed by atoms with Gasteiger partial charge >= 0.3 is 0 Å². The van der Waals surface area contributed by atoms with Gasteiger partial charge in [0.05, 0.1) is 6.54 Å². The van der Waals surface area contributed by atoms with Crippen molar-refractivity contribution in [1.29, 1.82) is 0 Å². The predicted molar refractivity (Wildman–Crippen MR) is 101 cm³/mol. The molecular weight excluding hydrogens is 302 g/mol. The quantitative estimate of drug-likeness (QED) is 0.216. The highest BCUT2D eigenvalue weighted by atomic mass is 16.1. The molecule has 0 aliphatic heterocycles. The van der Waals surface area contributed by atoms with Crippen LogP contribution in [0.1, 0.15) is 39.0 Å². The molecule has 0 saturated carbocycles. The van der Waals surface area contributed by atoms with E-state index in [1.54, 1.807) is 0 Å². The van der Waals surface area contributed by atoms with Gasteiger partial charge in [0.15, 0.2) is 0 Å². The fourth-order valence-corrected chi connectivity index (χ4v) is 2.48. The Balaban J connectivity index is 4.14. The van der Waals surface area contributed by atoms with E-state index in [9.17, 15) is 9.59 Å². The van der Waals surface area contributed by atoms with Crippen LogP contribution in [0.2, 0.25) is 0 Å². The third-order valence-electron chi connectivity index (χ3n) is 3.93. The van der Waals surface area contributed by atoms with Crippen LogP contribution in [0.4, 0.5) is 0 Å². The van der Waals surface area contributed by atoms with Gasteiger partial charge in [-0.25, -0.2) is 0 Å². The summed E-state index contributed by atoms with van der Waals surface area (Å²) in [6.07, 6.45) is 10.2. The highest BCUT2D eigenvalue weighted by Crippen LogP contribution is 2.17. The van der Waals surface area contributed by atoms with Gasteiger partial charge in [0, 0.05) is 19.1 Å². The van der Waals surface area contributed by atoms with E-state index in [1.807, 2.05) is 12.2 Å². The standard InChI is InChI=1S/C19H33N3O2/c1-4-17(18(5-2)10-8-12-21-16-24)9-7-11-20-15-19(6-3)22-13-14-23/h4-5,14,16,19-20,22H,1-2,6-13,15H2,3H3,(H,21,24)/b18-17-. The number of carbonyl (C=O) groups is 2. The third kappa shape index (κ3) is 10.9. The molecule has 0 aromatic rings. The van der Waals surface area contributed by atoms with Crippen molar-refractivity contribution >= 4 is 12.7 Å². The van der Waals surface area contributed by atoms with Crippen LogP contribution in [-0.2, 0) is 9.59 Å². The predicted octanol–water partition coefficient (Wildman–Crippen LogP) is 2.12. The highest BCUT2D eigenvalue weighted by Gasteiger charge is 2.05. The molecule has 0 radical (unpaired) electrons. The molecule has 0 spiro atoms. The molecule has 136 valence electrons. The Kier molecular flexibility index (Phi) is 15.0. The van der Waals surface area contributed by atoms with Gasteiger partial charge < -0.3 is 20.7 Å². The SMILES string of the molecule is C=C/C(CCCNC=O)=C(\C=C)CCCNCC(CC)NCC=O. The van der Waals surface area contributed by atoms with Crippen LogP contribution in [0.25, 0.3) is 0 Å². The average Bonchev–Trinajstić information content (AvgIpc) is 2.61. The molecule has 0 aromatic heterocycles. The first-order valence-electron chi connectivity index (χ1n) is 8.75. The zero-order chi connectivity index (χ0) is 18.0. The lowest BCUT2D eigenvalue weighted by Crippen LogP contribution is -2.39. The molecule has 3 N–H and O–H groups in total. The lowest BCUT2D eigenvalue weighted by molar-refractivity contribution is -0.109. The lowest BCUT2D eigenvalue weighted by Gasteiger charge is -2.16. The maximum atomic E-state index is 10.4. The van der Waals surface area contributed by atoms with Crippen LogP contribution in [0.15, 0.2) is 36.5 Å². The van der Waals surface area contributed by atoms with Crippen LogP contribution in [0.3, 0.4) is 0 Å². The van der Waals surface area contributed by atoms with Crippen molar-refractivity contribution in [2.75, 3.05) is 26.2 Å². The molecule has 1 unspecified atom stereocenters. The van der Waals surface area contributed by atoms with Crippen LogP contribution in [-0.4, -0.2) is 44.9 Å². The van der Waals surface area contributed by atoms with E-state index in [-0.39, 0.29) is 0 Å². The zero-order valence-corrected chi connectivity index (χ0v) is 15.0. The van der Waals surface area contributed by atoms with Crippen molar-refractivity contribution in [3.63, 3.8) is 0 Å². The molecule has 0 aliphatic rings. The Labute approximate surface area is 146 Å². The van der Waals surface area contributed by atoms with Gasteiger partial charge in [0.2, 0.25) is 6.41 Å². The van der Waals surface area contributed by atoms with E-state index in [0.29, 0.717) is 19.1 Å². The van der Waals surface area contributed by atoms with Crippen molar-refractivity contribution in [3.8, 4) is 0 Å². The fourth-order valence-electron chi connectivity index (χ4n) is 2.48. The van der Waals surface area contributed by atoms with Crippen LogP contribution < -0.4 is 16.0 Å². The Bertz CT molecular complexity index is 405. The van der Waals surface area contributed by atoms with Gasteiger partial charge in [-0.05, 0) is 49.8 Å². The summed E-state index contributed by atoms with van der Waals surface area (Å²) in [5.41, 5.74) is 2.43. The topological polar surface area (TPSA) is 70.2 Å². The fraction of sp³-hybridized carbons (Fsp3) is 0.579. The lowest BCUT2D eigenvalue weighted by atomic mass is 9.99. The number of nitrogens with one attached hydrogen (secondary N) is 3. The van der Waals surface area contributed by atoms with Crippen molar-refractivity contribution in [1.82, 2.24) is 16.0 Å². The monoisotopic (exact) mass is 335 g/mol. The summed E-state index contributed by atoms with van der Waals surface area (Å²) in [6, 6.07) is 0.332. The maximum absolute atomic E-state index is 10.4. The zero-order valence-electron chi connectivity index (χ0n) is 15.0. The maximum Gasteiger partial charge on any atom is 0.207 e. The van der Waals surface area contributed by atoms with E-state index in [4.69, 9.17) is 0 Å². The minimum atomic E-state index is 0.332. The summed E-state index contributed by atoms with van der Waals surface area (Å²) in [7, 11) is 0. The molecule has 5 heteroatoms. The minimum absolute atomic E-state index is 0.332. The average molecular weight is 335 g/mol. The number of carbonyl (C=O) groups excluding carboxylic acids is 2. The summed E-state index contributed by atoms with van der Waals surface area (Å²) in [5, 5.41) is 9.30. The molecule has 0 heterocycles. The molecule has 5 nitrogen and oxygen atoms in total. The Hall–Kier alpha value is -1.72. The van der Waals surface area contributed by atoms with Gasteiger partial charge in [0.1, 0.15) is 6.29 Å². The second-order valence-electron chi connectivity index (χ2n) is 5.62. The second-order valence-corrected chi connectivity index (χ2v) is 5.62. The number of hydrogen-bond acceptors (Lipinski definition) is 4. The van der Waals surface area contributed by atoms with Gasteiger partial charge in [-0.15, -0.1) is 0 Å². The summed E-state index contributed by atoms with van der Waals surface area (Å²) in [6.45, 7) is 12.8. The minimum Gasteiger partial charge on any atom is -0.359 e. The van der Waals surface area contributed by atoms with E-state index in [2.05, 4.69) is 36.0 Å². The Morgan fingerprint density at radius 2 is 1.67 bits per heavy atom. The molecular formula is C19H33N3O2. The number of allylic oxidation sites excluding steroid dienone is 4. The molecule has 0 fully saturated rings. The highest BCUT2D eigenvalue weighted by molar-refractivity contribution is 5.51. The molecule has 0 rings (SSSR count). The van der Waals surface area contributed by atoms with E-state index >= 15 is 0 Å². The van der Waals surface area contributed by atoms with Crippen molar-refractivity contribution in [2.24, 2.45) is 0 Å². The van der Waals surface area contributed by atoms with Crippen LogP contribution >= 0.6 is 0 Å². The van der Waals surface area contributed by atoms with Crippen molar-refractivity contribution in [3.05, 3.63) is 36.5 Å². The summed E-state index contributed by atoms with van der Waals surface area (Å²) < 4.78 is 0. The summed E-state index contributed by atoms with van der Waals surface area (Å²) >= 11 is 0. The number of hydrogen-bond donors (Lipinski definition) is 3. The molecule has 24 heavy (non-hydrogen) atoms. The molecule has 0 aromatic carbocycles. The van der Waals surface area contributed by atoms with Crippen molar-refractivity contribution < 1.29 is 9.59 Å². The van der Waals surface area contributed by atoms with E-state index < -0.39 is 0 Å². The summed E-state index contributed by atoms with van der Waals surface area (Å²) in [4.78, 5) is 20.6. The molecule has 1 atom stereocenters. The van der Waals surface area contributed by atoms with Gasteiger partial charge in [0.25, 0.3) is 0 Å². The number of aldehydes is 1. The first-order valence-corrected chi connectivity index (χ1v) is 8.75. The Morgan fingerprint density at radius 3 is 2.17 bits per heavy atom. The van der Waals surface area contributed by atoms with Crippen LogP contribution in [0.5, 0.6) is 0 Å². The first-order chi connectivity index (χ1) is 11.7.